The molecule has 11 nitrogen and oxygen atoms in total. The first kappa shape index (κ1) is 28.1. The number of benzene rings is 1. The van der Waals surface area contributed by atoms with E-state index in [0.29, 0.717) is 54.2 Å². The van der Waals surface area contributed by atoms with E-state index in [0.717, 1.165) is 15.5 Å². The van der Waals surface area contributed by atoms with Gasteiger partial charge >= 0.3 is 6.18 Å². The lowest BCUT2D eigenvalue weighted by molar-refractivity contribution is -0.147. The van der Waals surface area contributed by atoms with Crippen LogP contribution in [0, 0.1) is 0 Å². The Hall–Kier alpha value is -4.01. The van der Waals surface area contributed by atoms with Gasteiger partial charge in [0.05, 0.1) is 68.6 Å². The van der Waals surface area contributed by atoms with Crippen LogP contribution < -0.4 is 14.5 Å². The number of halogens is 3. The zero-order chi connectivity index (χ0) is 29.6. The molecule has 4 aromatic rings. The summed E-state index contributed by atoms with van der Waals surface area (Å²) in [5.74, 6) is 0.525. The van der Waals surface area contributed by atoms with Crippen molar-refractivity contribution in [1.82, 2.24) is 24.5 Å². The van der Waals surface area contributed by atoms with Crippen LogP contribution in [0.5, 0.6) is 5.75 Å². The fraction of sp³-hybridized carbons (Fsp3) is 0.429. The van der Waals surface area contributed by atoms with E-state index >= 15 is 0 Å². The molecule has 1 fully saturated rings. The van der Waals surface area contributed by atoms with Crippen molar-refractivity contribution in [1.29, 1.82) is 0 Å². The predicted molar refractivity (Wildman–Crippen MR) is 147 cm³/mol. The first-order valence-corrected chi connectivity index (χ1v) is 13.5. The van der Waals surface area contributed by atoms with Crippen LogP contribution >= 0.6 is 0 Å². The van der Waals surface area contributed by atoms with Gasteiger partial charge in [-0.3, -0.25) is 0 Å². The Morgan fingerprint density at radius 3 is 2.57 bits per heavy atom. The maximum atomic E-state index is 13.6. The number of alkyl halides is 3. The first-order valence-electron chi connectivity index (χ1n) is 13.5. The minimum Gasteiger partial charge on any atom is -0.496 e. The Balaban J connectivity index is 1.45. The van der Waals surface area contributed by atoms with Gasteiger partial charge in [0.1, 0.15) is 11.6 Å². The van der Waals surface area contributed by atoms with E-state index in [4.69, 9.17) is 24.4 Å². The smallest absolute Gasteiger partial charge is 0.449 e. The van der Waals surface area contributed by atoms with Crippen LogP contribution in [-0.2, 0) is 37.2 Å². The number of imidazole rings is 1. The van der Waals surface area contributed by atoms with Crippen LogP contribution in [0.3, 0.4) is 0 Å². The van der Waals surface area contributed by atoms with Crippen molar-refractivity contribution < 1.29 is 32.9 Å². The van der Waals surface area contributed by atoms with Crippen LogP contribution in [0.1, 0.15) is 29.7 Å². The lowest BCUT2D eigenvalue weighted by Gasteiger charge is -2.36. The number of aromatic nitrogens is 5. The molecule has 222 valence electrons. The van der Waals surface area contributed by atoms with Gasteiger partial charge in [-0.15, -0.1) is 0 Å². The average molecular weight is 586 g/mol. The van der Waals surface area contributed by atoms with E-state index in [2.05, 4.69) is 9.88 Å². The van der Waals surface area contributed by atoms with Crippen molar-refractivity contribution in [3.8, 4) is 17.0 Å². The number of aliphatic hydroxyl groups excluding tert-OH is 2. The first-order chi connectivity index (χ1) is 20.2. The molecule has 0 bridgehead atoms. The molecule has 5 heterocycles. The van der Waals surface area contributed by atoms with Crippen LogP contribution in [0.25, 0.3) is 22.3 Å². The Labute approximate surface area is 239 Å². The second kappa shape index (κ2) is 11.0. The van der Waals surface area contributed by atoms with Gasteiger partial charge in [0, 0.05) is 30.8 Å². The number of hydrogen-bond acceptors (Lipinski definition) is 10. The topological polar surface area (TPSA) is 122 Å². The van der Waals surface area contributed by atoms with Crippen molar-refractivity contribution in [2.75, 3.05) is 43.2 Å². The highest BCUT2D eigenvalue weighted by atomic mass is 19.4. The van der Waals surface area contributed by atoms with Gasteiger partial charge in [0.15, 0.2) is 5.65 Å². The number of hydrogen-bond donors (Lipinski definition) is 2. The van der Waals surface area contributed by atoms with E-state index in [1.807, 2.05) is 25.1 Å². The zero-order valence-corrected chi connectivity index (χ0v) is 23.1. The number of nitrogens with zero attached hydrogens (tertiary/aromatic N) is 7. The van der Waals surface area contributed by atoms with Crippen molar-refractivity contribution in [3.63, 3.8) is 0 Å². The largest absolute Gasteiger partial charge is 0.496 e. The second-order valence-corrected chi connectivity index (χ2v) is 10.3. The minimum atomic E-state index is -4.64. The number of ether oxygens (including phenoxy) is 2. The number of fused-ring (bicyclic) bond motifs is 2. The maximum absolute atomic E-state index is 13.6. The fourth-order valence-electron chi connectivity index (χ4n) is 5.56. The highest BCUT2D eigenvalue weighted by molar-refractivity contribution is 5.90. The summed E-state index contributed by atoms with van der Waals surface area (Å²) in [4.78, 5) is 22.2. The maximum Gasteiger partial charge on any atom is 0.449 e. The number of pyridine rings is 1. The summed E-state index contributed by atoms with van der Waals surface area (Å²) < 4.78 is 53.0. The molecule has 6 rings (SSSR count). The molecule has 3 aromatic heterocycles. The van der Waals surface area contributed by atoms with Crippen LogP contribution in [0.15, 0.2) is 30.3 Å². The number of morpholine rings is 1. The molecule has 0 radical (unpaired) electrons. The third kappa shape index (κ3) is 4.99. The standard InChI is InChI=1S/C28H30F3N7O4/c1-16-15-42-10-9-37(16)25-19-4-5-20(17-3-6-23(41-2)18(11-17)13-39)32-24(19)34-27(35-25)36-7-8-38-22(12-36)21(14-40)33-26(38)28(29,30)31/h3-6,11,16,39-40H,7-10,12-15H2,1-2H3/t16-/m0/s1. The molecule has 0 saturated carbocycles. The molecule has 2 aliphatic rings. The van der Waals surface area contributed by atoms with Gasteiger partial charge in [-0.25, -0.2) is 9.97 Å². The molecule has 0 aliphatic carbocycles. The van der Waals surface area contributed by atoms with Crippen LogP contribution in [-0.4, -0.2) is 74.2 Å². The lowest BCUT2D eigenvalue weighted by Crippen LogP contribution is -2.44. The Morgan fingerprint density at radius 2 is 1.86 bits per heavy atom. The SMILES string of the molecule is COc1ccc(-c2ccc3c(N4CCOC[C@@H]4C)nc(N4CCn5c(C(F)(F)F)nc(CO)c5C4)nc3n2)cc1CO. The molecule has 0 unspecified atom stereocenters. The van der Waals surface area contributed by atoms with Crippen molar-refractivity contribution in [2.45, 2.75) is 45.4 Å². The number of methoxy groups -OCH3 is 1. The van der Waals surface area contributed by atoms with Gasteiger partial charge in [0.2, 0.25) is 11.8 Å². The van der Waals surface area contributed by atoms with Gasteiger partial charge in [-0.2, -0.15) is 23.1 Å². The van der Waals surface area contributed by atoms with Gasteiger partial charge < -0.3 is 34.1 Å². The molecule has 0 spiro atoms. The van der Waals surface area contributed by atoms with E-state index in [9.17, 15) is 23.4 Å². The van der Waals surface area contributed by atoms with Crippen molar-refractivity contribution in [3.05, 3.63) is 53.1 Å². The highest BCUT2D eigenvalue weighted by Crippen LogP contribution is 2.35. The lowest BCUT2D eigenvalue weighted by atomic mass is 10.1. The monoisotopic (exact) mass is 585 g/mol. The molecule has 1 atom stereocenters. The summed E-state index contributed by atoms with van der Waals surface area (Å²) in [7, 11) is 1.54. The van der Waals surface area contributed by atoms with E-state index in [1.165, 1.54) is 7.11 Å². The van der Waals surface area contributed by atoms with E-state index in [1.54, 1.807) is 17.0 Å². The molecular weight excluding hydrogens is 555 g/mol. The second-order valence-electron chi connectivity index (χ2n) is 10.3. The summed E-state index contributed by atoms with van der Waals surface area (Å²) in [6, 6.07) is 9.22. The van der Waals surface area contributed by atoms with Gasteiger partial charge in [-0.1, -0.05) is 0 Å². The number of anilines is 2. The molecule has 0 amide bonds. The van der Waals surface area contributed by atoms with E-state index in [-0.39, 0.29) is 43.7 Å². The summed E-state index contributed by atoms with van der Waals surface area (Å²) in [6.07, 6.45) is -4.64. The number of rotatable bonds is 6. The summed E-state index contributed by atoms with van der Waals surface area (Å²) >= 11 is 0. The molecule has 42 heavy (non-hydrogen) atoms. The average Bonchev–Trinajstić information content (AvgIpc) is 3.39. The van der Waals surface area contributed by atoms with Crippen molar-refractivity contribution in [2.24, 2.45) is 0 Å². The van der Waals surface area contributed by atoms with Gasteiger partial charge in [-0.05, 0) is 37.3 Å². The Kier molecular flexibility index (Phi) is 7.37. The third-order valence-electron chi connectivity index (χ3n) is 7.69. The Morgan fingerprint density at radius 1 is 1.02 bits per heavy atom. The van der Waals surface area contributed by atoms with Crippen LogP contribution in [0.4, 0.5) is 24.9 Å². The molecular formula is C28H30F3N7O4. The number of aliphatic hydroxyl groups is 2. The highest BCUT2D eigenvalue weighted by Gasteiger charge is 2.40. The minimum absolute atomic E-state index is 0.00508. The molecule has 2 N–H and O–H groups in total. The van der Waals surface area contributed by atoms with Gasteiger partial charge in [0.25, 0.3) is 0 Å². The Bertz CT molecular complexity index is 1630. The molecule has 14 heteroatoms. The molecule has 1 saturated heterocycles. The van der Waals surface area contributed by atoms with Crippen molar-refractivity contribution >= 4 is 22.8 Å². The van der Waals surface area contributed by atoms with E-state index < -0.39 is 18.6 Å². The predicted octanol–water partition coefficient (Wildman–Crippen LogP) is 3.15. The zero-order valence-electron chi connectivity index (χ0n) is 23.1. The normalized spacial score (nSPS) is 17.5. The van der Waals surface area contributed by atoms with Crippen LogP contribution in [0.2, 0.25) is 0 Å². The summed E-state index contributed by atoms with van der Waals surface area (Å²) in [6.45, 7) is 3.12. The summed E-state index contributed by atoms with van der Waals surface area (Å²) in [5, 5.41) is 20.3. The molecule has 1 aromatic carbocycles. The molecule has 2 aliphatic heterocycles. The quantitative estimate of drug-likeness (QED) is 0.349. The summed E-state index contributed by atoms with van der Waals surface area (Å²) in [5.41, 5.74) is 2.68. The third-order valence-corrected chi connectivity index (χ3v) is 7.69. The fourth-order valence-corrected chi connectivity index (χ4v) is 5.56.